The Labute approximate surface area is 455 Å². The van der Waals surface area contributed by atoms with Crippen LogP contribution < -0.4 is 0 Å². The van der Waals surface area contributed by atoms with Gasteiger partial charge in [-0.2, -0.15) is 0 Å². The normalized spacial score (nSPS) is 12.2. The van der Waals surface area contributed by atoms with Crippen LogP contribution in [0, 0.1) is 0 Å². The fourth-order valence-corrected chi connectivity index (χ4v) is 9.71. The van der Waals surface area contributed by atoms with Gasteiger partial charge < -0.3 is 14.2 Å². The first kappa shape index (κ1) is 70.6. The molecular weight excluding hydrogens is 901 g/mol. The lowest BCUT2D eigenvalue weighted by atomic mass is 10.0. The van der Waals surface area contributed by atoms with Crippen LogP contribution in [0.25, 0.3) is 0 Å². The lowest BCUT2D eigenvalue weighted by Crippen LogP contribution is -2.30. The van der Waals surface area contributed by atoms with E-state index in [2.05, 4.69) is 57.2 Å². The van der Waals surface area contributed by atoms with Crippen molar-refractivity contribution in [3.8, 4) is 0 Å². The highest BCUT2D eigenvalue weighted by molar-refractivity contribution is 5.71. The van der Waals surface area contributed by atoms with Gasteiger partial charge in [-0.05, 0) is 77.0 Å². The van der Waals surface area contributed by atoms with Gasteiger partial charge in [0.15, 0.2) is 6.10 Å². The molecule has 428 valence electrons. The summed E-state index contributed by atoms with van der Waals surface area (Å²) in [5.74, 6) is -0.856. The van der Waals surface area contributed by atoms with Gasteiger partial charge in [0, 0.05) is 19.3 Å². The van der Waals surface area contributed by atoms with E-state index in [-0.39, 0.29) is 31.1 Å². The average Bonchev–Trinajstić information content (AvgIpc) is 3.39. The molecule has 6 nitrogen and oxygen atoms in total. The predicted octanol–water partition coefficient (Wildman–Crippen LogP) is 22.0. The van der Waals surface area contributed by atoms with Crippen molar-refractivity contribution in [2.24, 2.45) is 0 Å². The summed E-state index contributed by atoms with van der Waals surface area (Å²) in [6.07, 6.45) is 75.8. The van der Waals surface area contributed by atoms with E-state index in [0.717, 1.165) is 70.6 Å². The fraction of sp³-hybridized carbons (Fsp3) is 0.866. The lowest BCUT2D eigenvalue weighted by molar-refractivity contribution is -0.167. The van der Waals surface area contributed by atoms with Crippen LogP contribution in [0.3, 0.4) is 0 Å². The number of hydrogen-bond acceptors (Lipinski definition) is 6. The minimum absolute atomic E-state index is 0.0711. The number of allylic oxidation sites excluding steroid dienone is 6. The summed E-state index contributed by atoms with van der Waals surface area (Å²) in [5, 5.41) is 0. The van der Waals surface area contributed by atoms with Crippen LogP contribution >= 0.6 is 0 Å². The zero-order valence-corrected chi connectivity index (χ0v) is 49.2. The summed E-state index contributed by atoms with van der Waals surface area (Å²) >= 11 is 0. The number of rotatable bonds is 60. The van der Waals surface area contributed by atoms with Crippen LogP contribution in [0.15, 0.2) is 36.5 Å². The summed E-state index contributed by atoms with van der Waals surface area (Å²) in [6, 6.07) is 0. The molecule has 0 N–H and O–H groups in total. The quantitative estimate of drug-likeness (QED) is 0.0261. The summed E-state index contributed by atoms with van der Waals surface area (Å²) in [4.78, 5) is 38.3. The lowest BCUT2D eigenvalue weighted by Gasteiger charge is -2.18. The average molecular weight is 1030 g/mol. The van der Waals surface area contributed by atoms with Crippen LogP contribution in [-0.4, -0.2) is 37.2 Å². The molecule has 0 fully saturated rings. The predicted molar refractivity (Wildman–Crippen MR) is 316 cm³/mol. The molecule has 73 heavy (non-hydrogen) atoms. The van der Waals surface area contributed by atoms with E-state index in [4.69, 9.17) is 14.2 Å². The van der Waals surface area contributed by atoms with Gasteiger partial charge in [0.1, 0.15) is 13.2 Å². The fourth-order valence-electron chi connectivity index (χ4n) is 9.71. The largest absolute Gasteiger partial charge is 0.462 e. The Morgan fingerprint density at radius 3 is 0.795 bits per heavy atom. The molecule has 0 saturated carbocycles. The Kier molecular flexibility index (Phi) is 60.2. The van der Waals surface area contributed by atoms with Gasteiger partial charge >= 0.3 is 17.9 Å². The van der Waals surface area contributed by atoms with E-state index in [9.17, 15) is 14.4 Å². The van der Waals surface area contributed by atoms with Crippen LogP contribution in [0.4, 0.5) is 0 Å². The molecule has 0 saturated heterocycles. The molecule has 0 heterocycles. The zero-order valence-electron chi connectivity index (χ0n) is 49.2. The first-order valence-electron chi connectivity index (χ1n) is 32.5. The van der Waals surface area contributed by atoms with Crippen molar-refractivity contribution in [1.29, 1.82) is 0 Å². The van der Waals surface area contributed by atoms with Gasteiger partial charge in [0.2, 0.25) is 0 Å². The van der Waals surface area contributed by atoms with Crippen molar-refractivity contribution >= 4 is 17.9 Å². The molecule has 0 aliphatic heterocycles. The maximum absolute atomic E-state index is 12.9. The molecule has 0 aromatic heterocycles. The third kappa shape index (κ3) is 60.4. The van der Waals surface area contributed by atoms with E-state index >= 15 is 0 Å². The molecule has 0 radical (unpaired) electrons. The third-order valence-electron chi connectivity index (χ3n) is 14.6. The van der Waals surface area contributed by atoms with E-state index in [0.29, 0.717) is 19.3 Å². The molecule has 0 aliphatic carbocycles. The molecule has 0 aliphatic rings. The highest BCUT2D eigenvalue weighted by atomic mass is 16.6. The summed E-state index contributed by atoms with van der Waals surface area (Å²) in [7, 11) is 0. The smallest absolute Gasteiger partial charge is 0.306 e. The van der Waals surface area contributed by atoms with Crippen LogP contribution in [0.2, 0.25) is 0 Å². The van der Waals surface area contributed by atoms with Crippen molar-refractivity contribution in [3.05, 3.63) is 36.5 Å². The minimum Gasteiger partial charge on any atom is -0.462 e. The Hall–Kier alpha value is -2.37. The first-order valence-corrected chi connectivity index (χ1v) is 32.5. The third-order valence-corrected chi connectivity index (χ3v) is 14.6. The molecule has 1 unspecified atom stereocenters. The zero-order chi connectivity index (χ0) is 52.9. The summed E-state index contributed by atoms with van der Waals surface area (Å²) < 4.78 is 16.9. The van der Waals surface area contributed by atoms with Crippen molar-refractivity contribution in [3.63, 3.8) is 0 Å². The second-order valence-electron chi connectivity index (χ2n) is 22.0. The number of carbonyl (C=O) groups excluding carboxylic acids is 3. The van der Waals surface area contributed by atoms with Crippen LogP contribution in [-0.2, 0) is 28.6 Å². The highest BCUT2D eigenvalue weighted by Gasteiger charge is 2.19. The Bertz CT molecular complexity index is 1220. The van der Waals surface area contributed by atoms with Gasteiger partial charge in [-0.15, -0.1) is 0 Å². The van der Waals surface area contributed by atoms with Crippen molar-refractivity contribution < 1.29 is 28.6 Å². The van der Waals surface area contributed by atoms with Crippen molar-refractivity contribution in [2.45, 2.75) is 361 Å². The van der Waals surface area contributed by atoms with E-state index in [1.807, 2.05) is 0 Å². The Balaban J connectivity index is 4.30. The number of unbranched alkanes of at least 4 members (excludes halogenated alkanes) is 43. The summed E-state index contributed by atoms with van der Waals surface area (Å²) in [6.45, 7) is 6.67. The van der Waals surface area contributed by atoms with Crippen LogP contribution in [0.5, 0.6) is 0 Å². The SMILES string of the molecule is CCCCC/C=C\C/C=C\CCCCCCCCCC(=O)OC(COC(=O)CCCCCCCCCCCCC/C=C\CCCCCCCCCC)COC(=O)CCCCCCCCCCCCCCCCC. The summed E-state index contributed by atoms with van der Waals surface area (Å²) in [5.41, 5.74) is 0. The minimum atomic E-state index is -0.775. The molecule has 0 bridgehead atoms. The molecule has 0 aromatic rings. The number of hydrogen-bond donors (Lipinski definition) is 0. The monoisotopic (exact) mass is 1020 g/mol. The number of ether oxygens (including phenoxy) is 3. The molecular formula is C67H124O6. The number of esters is 3. The second-order valence-corrected chi connectivity index (χ2v) is 22.0. The molecule has 0 aromatic carbocycles. The standard InChI is InChI=1S/C67H124O6/c1-4-7-10-13-16-19-22-25-28-30-31-32-33-34-35-37-39-42-45-48-51-54-57-60-66(69)72-63-64(62-71-65(68)59-56-53-50-47-44-41-38-27-24-21-18-15-12-9-6-3)73-67(70)61-58-55-52-49-46-43-40-36-29-26-23-20-17-14-11-8-5-2/h17,20,26,29-31,64H,4-16,18-19,21-25,27-28,32-63H2,1-3H3/b20-17-,29-26-,31-30-. The maximum Gasteiger partial charge on any atom is 0.306 e. The second kappa shape index (κ2) is 62.2. The molecule has 0 rings (SSSR count). The topological polar surface area (TPSA) is 78.9 Å². The van der Waals surface area contributed by atoms with Crippen LogP contribution in [0.1, 0.15) is 355 Å². The van der Waals surface area contributed by atoms with E-state index in [1.54, 1.807) is 0 Å². The number of carbonyl (C=O) groups is 3. The van der Waals surface area contributed by atoms with Gasteiger partial charge in [-0.3, -0.25) is 14.4 Å². The molecule has 0 spiro atoms. The molecule has 0 amide bonds. The van der Waals surface area contributed by atoms with Gasteiger partial charge in [0.25, 0.3) is 0 Å². The van der Waals surface area contributed by atoms with Gasteiger partial charge in [-0.25, -0.2) is 0 Å². The van der Waals surface area contributed by atoms with Gasteiger partial charge in [0.05, 0.1) is 0 Å². The molecule has 6 heteroatoms. The van der Waals surface area contributed by atoms with E-state index < -0.39 is 6.10 Å². The molecule has 1 atom stereocenters. The maximum atomic E-state index is 12.9. The first-order chi connectivity index (χ1) is 36.0. The van der Waals surface area contributed by atoms with E-state index in [1.165, 1.54) is 244 Å². The van der Waals surface area contributed by atoms with Crippen molar-refractivity contribution in [1.82, 2.24) is 0 Å². The Morgan fingerprint density at radius 1 is 0.274 bits per heavy atom. The Morgan fingerprint density at radius 2 is 0.493 bits per heavy atom. The van der Waals surface area contributed by atoms with Gasteiger partial charge in [-0.1, -0.05) is 295 Å². The highest BCUT2D eigenvalue weighted by Crippen LogP contribution is 2.17. The van der Waals surface area contributed by atoms with Crippen molar-refractivity contribution in [2.75, 3.05) is 13.2 Å².